The van der Waals surface area contributed by atoms with Crippen LogP contribution in [0.2, 0.25) is 0 Å². The Balaban J connectivity index is 1.33. The molecule has 1 heterocycles. The topological polar surface area (TPSA) is 83.1 Å². The Morgan fingerprint density at radius 3 is 2.50 bits per heavy atom. The highest BCUT2D eigenvalue weighted by atomic mass is 16.2. The van der Waals surface area contributed by atoms with E-state index in [1.807, 2.05) is 36.5 Å². The maximum Gasteiger partial charge on any atom is 0.246 e. The number of amides is 1. The van der Waals surface area contributed by atoms with Crippen LogP contribution in [0.5, 0.6) is 0 Å². The van der Waals surface area contributed by atoms with E-state index >= 15 is 0 Å². The number of hydrogen-bond acceptors (Lipinski definition) is 4. The number of hydrogen-bond donors (Lipinski definition) is 1. The molecule has 1 aromatic heterocycles. The van der Waals surface area contributed by atoms with Crippen molar-refractivity contribution in [3.8, 4) is 17.3 Å². The number of aryl methyl sites for hydroxylation is 1. The smallest absolute Gasteiger partial charge is 0.246 e. The summed E-state index contributed by atoms with van der Waals surface area (Å²) in [5, 5.41) is 17.8. The van der Waals surface area contributed by atoms with Crippen LogP contribution in [0.3, 0.4) is 0 Å². The summed E-state index contributed by atoms with van der Waals surface area (Å²) in [5.74, 6) is 2.29. The molecule has 0 spiro atoms. The normalized spacial score (nSPS) is 29.2. The molecule has 2 aromatic rings. The third-order valence-corrected chi connectivity index (χ3v) is 7.18. The second-order valence-corrected chi connectivity index (χ2v) is 9.37. The van der Waals surface area contributed by atoms with Crippen molar-refractivity contribution in [2.24, 2.45) is 28.3 Å². The second kappa shape index (κ2) is 7.71. The third kappa shape index (κ3) is 3.54. The quantitative estimate of drug-likeness (QED) is 0.583. The highest BCUT2D eigenvalue weighted by Gasteiger charge is 2.54. The number of nitrogens with one attached hydrogen (secondary N) is 1. The molecule has 0 saturated heterocycles. The third-order valence-electron chi connectivity index (χ3n) is 7.18. The Kier molecular flexibility index (Phi) is 4.90. The average molecular weight is 402 g/mol. The van der Waals surface area contributed by atoms with Gasteiger partial charge in [-0.25, -0.2) is 5.43 Å². The first-order valence-electron chi connectivity index (χ1n) is 11.0. The average Bonchev–Trinajstić information content (AvgIpc) is 3.15. The van der Waals surface area contributed by atoms with Gasteiger partial charge in [-0.15, -0.1) is 0 Å². The molecule has 4 bridgehead atoms. The van der Waals surface area contributed by atoms with Crippen LogP contribution in [0.1, 0.15) is 50.5 Å². The van der Waals surface area contributed by atoms with Crippen LogP contribution in [0.25, 0.3) is 11.3 Å². The molecule has 1 aromatic carbocycles. The van der Waals surface area contributed by atoms with Crippen LogP contribution in [-0.2, 0) is 11.3 Å². The summed E-state index contributed by atoms with van der Waals surface area (Å²) in [4.78, 5) is 13.1. The van der Waals surface area contributed by atoms with E-state index in [2.05, 4.69) is 21.7 Å². The van der Waals surface area contributed by atoms with Gasteiger partial charge in [0.05, 0.1) is 30.7 Å². The number of hydrazone groups is 1. The number of rotatable bonds is 6. The first-order chi connectivity index (χ1) is 14.6. The molecule has 6 nitrogen and oxygen atoms in total. The van der Waals surface area contributed by atoms with Gasteiger partial charge in [-0.3, -0.25) is 9.48 Å². The summed E-state index contributed by atoms with van der Waals surface area (Å²) in [5.41, 5.74) is 5.29. The van der Waals surface area contributed by atoms with Crippen molar-refractivity contribution in [3.63, 3.8) is 0 Å². The first-order valence-corrected chi connectivity index (χ1v) is 11.0. The van der Waals surface area contributed by atoms with Gasteiger partial charge in [-0.2, -0.15) is 15.5 Å². The Bertz CT molecular complexity index is 965. The van der Waals surface area contributed by atoms with Gasteiger partial charge < -0.3 is 0 Å². The fourth-order valence-corrected chi connectivity index (χ4v) is 6.30. The van der Waals surface area contributed by atoms with Gasteiger partial charge in [-0.05, 0) is 56.3 Å². The zero-order valence-corrected chi connectivity index (χ0v) is 17.1. The fourth-order valence-electron chi connectivity index (χ4n) is 6.30. The number of benzene rings is 1. The molecule has 4 fully saturated rings. The van der Waals surface area contributed by atoms with Gasteiger partial charge in [0.2, 0.25) is 5.91 Å². The molecule has 1 N–H and O–H groups in total. The van der Waals surface area contributed by atoms with Gasteiger partial charge in [0.15, 0.2) is 0 Å². The standard InChI is InChI=1S/C24H27N5O/c25-7-4-8-29-16-21(22(28-29)20-5-2-1-3-6-20)15-26-27-23(30)24-12-17-9-18(13-24)11-19(10-17)14-24/h1-3,5-6,15-19H,4,8-14H2,(H,27,30). The number of carbonyl (C=O) groups is 1. The molecule has 0 unspecified atom stereocenters. The SMILES string of the molecule is N#CCCn1cc(C=NNC(=O)C23CC4CC(CC(C4)C2)C3)c(-c2ccccc2)n1. The zero-order valence-electron chi connectivity index (χ0n) is 17.1. The van der Waals surface area contributed by atoms with E-state index < -0.39 is 0 Å². The van der Waals surface area contributed by atoms with E-state index in [4.69, 9.17) is 5.26 Å². The van der Waals surface area contributed by atoms with E-state index in [1.54, 1.807) is 10.9 Å². The molecule has 0 aliphatic heterocycles. The van der Waals surface area contributed by atoms with Crippen molar-refractivity contribution in [2.75, 3.05) is 0 Å². The number of aromatic nitrogens is 2. The van der Waals surface area contributed by atoms with Gasteiger partial charge in [-0.1, -0.05) is 30.3 Å². The second-order valence-electron chi connectivity index (χ2n) is 9.37. The lowest BCUT2D eigenvalue weighted by Crippen LogP contribution is -2.52. The monoisotopic (exact) mass is 401 g/mol. The maximum absolute atomic E-state index is 13.1. The zero-order chi connectivity index (χ0) is 20.6. The molecule has 0 atom stereocenters. The van der Waals surface area contributed by atoms with E-state index in [9.17, 15) is 4.79 Å². The van der Waals surface area contributed by atoms with E-state index in [0.29, 0.717) is 13.0 Å². The van der Waals surface area contributed by atoms with Gasteiger partial charge in [0.25, 0.3) is 0 Å². The van der Waals surface area contributed by atoms with Crippen LogP contribution >= 0.6 is 0 Å². The van der Waals surface area contributed by atoms with E-state index in [0.717, 1.165) is 53.8 Å². The minimum Gasteiger partial charge on any atom is -0.273 e. The van der Waals surface area contributed by atoms with Gasteiger partial charge in [0.1, 0.15) is 5.69 Å². The lowest BCUT2D eigenvalue weighted by Gasteiger charge is -2.55. The summed E-state index contributed by atoms with van der Waals surface area (Å²) < 4.78 is 1.77. The van der Waals surface area contributed by atoms with Crippen molar-refractivity contribution < 1.29 is 4.79 Å². The summed E-state index contributed by atoms with van der Waals surface area (Å²) in [6.07, 6.45) is 11.0. The number of carbonyl (C=O) groups excluding carboxylic acids is 1. The molecule has 154 valence electrons. The van der Waals surface area contributed by atoms with E-state index in [1.165, 1.54) is 19.3 Å². The molecular formula is C24H27N5O. The summed E-state index contributed by atoms with van der Waals surface area (Å²) in [6, 6.07) is 12.1. The predicted octanol–water partition coefficient (Wildman–Crippen LogP) is 4.13. The van der Waals surface area contributed by atoms with Gasteiger partial charge in [0, 0.05) is 17.3 Å². The van der Waals surface area contributed by atoms with Crippen molar-refractivity contribution in [1.29, 1.82) is 5.26 Å². The molecule has 0 radical (unpaired) electrons. The lowest BCUT2D eigenvalue weighted by molar-refractivity contribution is -0.146. The lowest BCUT2D eigenvalue weighted by atomic mass is 9.49. The molecular weight excluding hydrogens is 374 g/mol. The van der Waals surface area contributed by atoms with Crippen LogP contribution in [0, 0.1) is 34.5 Å². The molecule has 30 heavy (non-hydrogen) atoms. The van der Waals surface area contributed by atoms with Crippen molar-refractivity contribution >= 4 is 12.1 Å². The summed E-state index contributed by atoms with van der Waals surface area (Å²) in [6.45, 7) is 0.532. The minimum atomic E-state index is -0.203. The predicted molar refractivity (Wildman–Crippen MR) is 114 cm³/mol. The van der Waals surface area contributed by atoms with Gasteiger partial charge >= 0.3 is 0 Å². The Morgan fingerprint density at radius 1 is 1.20 bits per heavy atom. The molecule has 4 aliphatic carbocycles. The van der Waals surface area contributed by atoms with Crippen LogP contribution in [0.4, 0.5) is 0 Å². The minimum absolute atomic E-state index is 0.0935. The summed E-state index contributed by atoms with van der Waals surface area (Å²) in [7, 11) is 0. The maximum atomic E-state index is 13.1. The molecule has 1 amide bonds. The Morgan fingerprint density at radius 2 is 1.87 bits per heavy atom. The largest absolute Gasteiger partial charge is 0.273 e. The van der Waals surface area contributed by atoms with E-state index in [-0.39, 0.29) is 11.3 Å². The van der Waals surface area contributed by atoms with Crippen molar-refractivity contribution in [1.82, 2.24) is 15.2 Å². The Labute approximate surface area is 177 Å². The number of nitriles is 1. The summed E-state index contributed by atoms with van der Waals surface area (Å²) >= 11 is 0. The van der Waals surface area contributed by atoms with Crippen molar-refractivity contribution in [3.05, 3.63) is 42.1 Å². The molecule has 4 saturated carbocycles. The molecule has 6 heteroatoms. The fraction of sp³-hybridized carbons (Fsp3) is 0.500. The highest BCUT2D eigenvalue weighted by Crippen LogP contribution is 2.60. The van der Waals surface area contributed by atoms with Crippen molar-refractivity contribution in [2.45, 2.75) is 51.5 Å². The Hall–Kier alpha value is -2.94. The van der Waals surface area contributed by atoms with Crippen LogP contribution in [-0.4, -0.2) is 21.9 Å². The molecule has 4 aliphatic rings. The highest BCUT2D eigenvalue weighted by molar-refractivity contribution is 5.90. The molecule has 6 rings (SSSR count). The van der Waals surface area contributed by atoms with Crippen LogP contribution in [0.15, 0.2) is 41.6 Å². The first kappa shape index (κ1) is 19.0. The number of nitrogens with zero attached hydrogens (tertiary/aromatic N) is 4. The van der Waals surface area contributed by atoms with Crippen LogP contribution < -0.4 is 5.43 Å².